The van der Waals surface area contributed by atoms with Crippen LogP contribution in [-0.4, -0.2) is 25.2 Å². The van der Waals surface area contributed by atoms with Gasteiger partial charge in [0.15, 0.2) is 5.65 Å². The number of carbonyl (C=O) groups excluding carboxylic acids is 1. The van der Waals surface area contributed by atoms with Crippen LogP contribution in [0, 0.1) is 0 Å². The monoisotopic (exact) mass is 413 g/mol. The van der Waals surface area contributed by atoms with Crippen LogP contribution in [0.3, 0.4) is 0 Å². The zero-order valence-electron chi connectivity index (χ0n) is 14.3. The number of hydrogen-bond donors (Lipinski definition) is 1. The lowest BCUT2D eigenvalue weighted by atomic mass is 10.3. The third kappa shape index (κ3) is 3.62. The van der Waals surface area contributed by atoms with Crippen molar-refractivity contribution in [2.75, 3.05) is 5.32 Å². The Labute approximate surface area is 169 Å². The first kappa shape index (κ1) is 18.2. The van der Waals surface area contributed by atoms with Crippen LogP contribution in [0.1, 0.15) is 0 Å². The summed E-state index contributed by atoms with van der Waals surface area (Å²) in [5.41, 5.74) is 1.37. The fourth-order valence-electron chi connectivity index (χ4n) is 2.72. The first-order valence-corrected chi connectivity index (χ1v) is 9.01. The molecule has 0 spiro atoms. The molecule has 7 nitrogen and oxygen atoms in total. The summed E-state index contributed by atoms with van der Waals surface area (Å²) in [4.78, 5) is 29.3. The number of carbonyl (C=O) groups is 1. The van der Waals surface area contributed by atoms with Crippen LogP contribution in [0.4, 0.5) is 5.69 Å². The minimum atomic E-state index is -0.351. The van der Waals surface area contributed by atoms with Gasteiger partial charge in [-0.15, -0.1) is 0 Å². The normalized spacial score (nSPS) is 10.9. The minimum absolute atomic E-state index is 0.170. The highest BCUT2D eigenvalue weighted by Crippen LogP contribution is 2.17. The van der Waals surface area contributed by atoms with Gasteiger partial charge >= 0.3 is 0 Å². The lowest BCUT2D eigenvalue weighted by molar-refractivity contribution is -0.116. The number of rotatable bonds is 4. The fraction of sp³-hybridized carbons (Fsp3) is 0.0526. The van der Waals surface area contributed by atoms with Crippen molar-refractivity contribution in [3.8, 4) is 5.69 Å². The molecule has 2 aromatic heterocycles. The van der Waals surface area contributed by atoms with Crippen molar-refractivity contribution in [2.45, 2.75) is 6.54 Å². The molecule has 1 N–H and O–H groups in total. The molecule has 0 aliphatic rings. The predicted molar refractivity (Wildman–Crippen MR) is 108 cm³/mol. The van der Waals surface area contributed by atoms with E-state index in [0.29, 0.717) is 26.8 Å². The van der Waals surface area contributed by atoms with Crippen LogP contribution in [0.15, 0.2) is 65.8 Å². The Hall–Kier alpha value is -3.16. The van der Waals surface area contributed by atoms with Crippen LogP contribution in [0.2, 0.25) is 10.0 Å². The van der Waals surface area contributed by atoms with Gasteiger partial charge in [0.25, 0.3) is 5.56 Å². The number of amides is 1. The van der Waals surface area contributed by atoms with E-state index in [0.717, 1.165) is 5.69 Å². The third-order valence-electron chi connectivity index (χ3n) is 4.07. The van der Waals surface area contributed by atoms with Gasteiger partial charge in [-0.1, -0.05) is 23.2 Å². The van der Waals surface area contributed by atoms with Crippen LogP contribution in [0.5, 0.6) is 0 Å². The van der Waals surface area contributed by atoms with Crippen LogP contribution in [0.25, 0.3) is 16.7 Å². The van der Waals surface area contributed by atoms with Gasteiger partial charge < -0.3 is 5.32 Å². The van der Waals surface area contributed by atoms with E-state index in [2.05, 4.69) is 15.4 Å². The Morgan fingerprint density at radius 3 is 2.32 bits per heavy atom. The van der Waals surface area contributed by atoms with Gasteiger partial charge in [-0.2, -0.15) is 5.10 Å². The van der Waals surface area contributed by atoms with E-state index >= 15 is 0 Å². The fourth-order valence-corrected chi connectivity index (χ4v) is 2.97. The van der Waals surface area contributed by atoms with Crippen molar-refractivity contribution in [3.63, 3.8) is 0 Å². The van der Waals surface area contributed by atoms with Gasteiger partial charge in [-0.05, 0) is 48.5 Å². The van der Waals surface area contributed by atoms with Crippen LogP contribution < -0.4 is 10.9 Å². The van der Waals surface area contributed by atoms with Gasteiger partial charge in [0.2, 0.25) is 5.91 Å². The highest BCUT2D eigenvalue weighted by molar-refractivity contribution is 6.30. The molecular formula is C19H13Cl2N5O2. The average Bonchev–Trinajstić information content (AvgIpc) is 3.11. The summed E-state index contributed by atoms with van der Waals surface area (Å²) >= 11 is 11.7. The van der Waals surface area contributed by atoms with E-state index in [9.17, 15) is 9.59 Å². The number of nitrogens with zero attached hydrogens (tertiary/aromatic N) is 4. The molecule has 4 aromatic rings. The standard InChI is InChI=1S/C19H13Cl2N5O2/c20-12-1-5-14(6-2-12)24-17(27)10-25-11-22-18-16(19(25)28)9-23-26(18)15-7-3-13(21)4-8-15/h1-9,11H,10H2,(H,24,27). The van der Waals surface area contributed by atoms with Crippen LogP contribution in [-0.2, 0) is 11.3 Å². The van der Waals surface area contributed by atoms with Crippen molar-refractivity contribution >= 4 is 45.8 Å². The SMILES string of the molecule is O=C(Cn1cnc2c(cnn2-c2ccc(Cl)cc2)c1=O)Nc1ccc(Cl)cc1. The van der Waals surface area contributed by atoms with E-state index in [-0.39, 0.29) is 18.0 Å². The first-order valence-electron chi connectivity index (χ1n) is 8.26. The number of nitrogens with one attached hydrogen (secondary N) is 1. The maximum Gasteiger partial charge on any atom is 0.264 e. The van der Waals surface area contributed by atoms with Crippen LogP contribution >= 0.6 is 23.2 Å². The van der Waals surface area contributed by atoms with Gasteiger partial charge in [-0.3, -0.25) is 14.2 Å². The summed E-state index contributed by atoms with van der Waals surface area (Å²) in [5.74, 6) is -0.351. The Morgan fingerprint density at radius 2 is 1.64 bits per heavy atom. The summed E-state index contributed by atoms with van der Waals surface area (Å²) in [6, 6.07) is 13.7. The van der Waals surface area contributed by atoms with Gasteiger partial charge in [0.1, 0.15) is 18.3 Å². The number of benzene rings is 2. The van der Waals surface area contributed by atoms with Crippen molar-refractivity contribution < 1.29 is 4.79 Å². The average molecular weight is 414 g/mol. The zero-order valence-corrected chi connectivity index (χ0v) is 15.9. The number of fused-ring (bicyclic) bond motifs is 1. The second kappa shape index (κ2) is 7.46. The van der Waals surface area contributed by atoms with Crippen molar-refractivity contribution in [1.29, 1.82) is 0 Å². The Morgan fingerprint density at radius 1 is 1.00 bits per heavy atom. The maximum absolute atomic E-state index is 12.7. The molecule has 0 fully saturated rings. The van der Waals surface area contributed by atoms with Gasteiger partial charge in [-0.25, -0.2) is 9.67 Å². The summed E-state index contributed by atoms with van der Waals surface area (Å²) in [6.07, 6.45) is 2.77. The number of aromatic nitrogens is 4. The second-order valence-corrected chi connectivity index (χ2v) is 6.88. The van der Waals surface area contributed by atoms with Gasteiger partial charge in [0.05, 0.1) is 11.9 Å². The van der Waals surface area contributed by atoms with Crippen molar-refractivity contribution in [3.05, 3.63) is 81.5 Å². The molecule has 2 aromatic carbocycles. The lowest BCUT2D eigenvalue weighted by Crippen LogP contribution is -2.27. The molecule has 0 unspecified atom stereocenters. The van der Waals surface area contributed by atoms with Crippen molar-refractivity contribution in [1.82, 2.24) is 19.3 Å². The Bertz CT molecular complexity index is 1210. The van der Waals surface area contributed by atoms with E-state index in [1.165, 1.54) is 17.1 Å². The predicted octanol–water partition coefficient (Wildman–Crippen LogP) is 3.53. The van der Waals surface area contributed by atoms with E-state index in [4.69, 9.17) is 23.2 Å². The quantitative estimate of drug-likeness (QED) is 0.554. The maximum atomic E-state index is 12.7. The molecule has 0 saturated carbocycles. The topological polar surface area (TPSA) is 81.8 Å². The van der Waals surface area contributed by atoms with E-state index < -0.39 is 0 Å². The Kier molecular flexibility index (Phi) is 4.85. The summed E-state index contributed by atoms with van der Waals surface area (Å²) < 4.78 is 2.78. The molecule has 0 bridgehead atoms. The molecule has 0 aliphatic heterocycles. The Balaban J connectivity index is 1.60. The molecule has 9 heteroatoms. The number of hydrogen-bond acceptors (Lipinski definition) is 4. The molecule has 0 aliphatic carbocycles. The zero-order chi connectivity index (χ0) is 19.7. The van der Waals surface area contributed by atoms with E-state index in [1.807, 2.05) is 0 Å². The molecule has 4 rings (SSSR count). The molecule has 2 heterocycles. The molecule has 0 atom stereocenters. The second-order valence-electron chi connectivity index (χ2n) is 6.00. The summed E-state index contributed by atoms with van der Waals surface area (Å²) in [5, 5.41) is 8.43. The highest BCUT2D eigenvalue weighted by Gasteiger charge is 2.13. The van der Waals surface area contributed by atoms with E-state index in [1.54, 1.807) is 53.2 Å². The van der Waals surface area contributed by atoms with Crippen molar-refractivity contribution in [2.24, 2.45) is 0 Å². The smallest absolute Gasteiger partial charge is 0.264 e. The number of anilines is 1. The first-order chi connectivity index (χ1) is 13.5. The molecule has 28 heavy (non-hydrogen) atoms. The highest BCUT2D eigenvalue weighted by atomic mass is 35.5. The molecular weight excluding hydrogens is 401 g/mol. The van der Waals surface area contributed by atoms with Gasteiger partial charge in [0, 0.05) is 15.7 Å². The minimum Gasteiger partial charge on any atom is -0.325 e. The number of halogens is 2. The molecule has 0 saturated heterocycles. The summed E-state index contributed by atoms with van der Waals surface area (Å²) in [6.45, 7) is -0.170. The molecule has 140 valence electrons. The lowest BCUT2D eigenvalue weighted by Gasteiger charge is -2.08. The summed E-state index contributed by atoms with van der Waals surface area (Å²) in [7, 11) is 0. The molecule has 0 radical (unpaired) electrons. The largest absolute Gasteiger partial charge is 0.325 e. The third-order valence-corrected chi connectivity index (χ3v) is 4.57. The molecule has 1 amide bonds.